The van der Waals surface area contributed by atoms with Gasteiger partial charge in [0.15, 0.2) is 0 Å². The summed E-state index contributed by atoms with van der Waals surface area (Å²) in [6.45, 7) is 0.825. The number of amides is 1. The quantitative estimate of drug-likeness (QED) is 0.731. The number of hydrogen-bond donors (Lipinski definition) is 3. The van der Waals surface area contributed by atoms with E-state index in [1.807, 2.05) is 30.3 Å². The maximum Gasteiger partial charge on any atom is 0.238 e. The first-order chi connectivity index (χ1) is 9.29. The zero-order valence-electron chi connectivity index (χ0n) is 10.8. The molecular weight excluding hydrogens is 260 g/mol. The van der Waals surface area contributed by atoms with Crippen molar-refractivity contribution < 1.29 is 9.90 Å². The maximum atomic E-state index is 12.1. The fourth-order valence-corrected chi connectivity index (χ4v) is 3.03. The number of aliphatic hydroxyl groups excluding tert-OH is 1. The van der Waals surface area contributed by atoms with E-state index in [4.69, 9.17) is 0 Å². The zero-order valence-corrected chi connectivity index (χ0v) is 11.7. The third-order valence-corrected chi connectivity index (χ3v) is 4.19. The predicted molar refractivity (Wildman–Crippen MR) is 78.3 cm³/mol. The Balaban J connectivity index is 1.86. The minimum atomic E-state index is -0.219. The summed E-state index contributed by atoms with van der Waals surface area (Å²) >= 11 is 1.78. The Morgan fingerprint density at radius 1 is 1.47 bits per heavy atom. The van der Waals surface area contributed by atoms with Gasteiger partial charge in [-0.15, -0.1) is 0 Å². The molecule has 1 aliphatic heterocycles. The van der Waals surface area contributed by atoms with Crippen molar-refractivity contribution in [2.75, 3.05) is 24.7 Å². The Morgan fingerprint density at radius 3 is 2.89 bits per heavy atom. The molecule has 0 radical (unpaired) electrons. The first-order valence-electron chi connectivity index (χ1n) is 6.56. The van der Waals surface area contributed by atoms with Gasteiger partial charge in [-0.25, -0.2) is 0 Å². The summed E-state index contributed by atoms with van der Waals surface area (Å²) in [7, 11) is 0. The highest BCUT2D eigenvalue weighted by Crippen LogP contribution is 2.08. The van der Waals surface area contributed by atoms with Crippen molar-refractivity contribution in [2.45, 2.75) is 18.5 Å². The van der Waals surface area contributed by atoms with E-state index < -0.39 is 0 Å². The van der Waals surface area contributed by atoms with Crippen molar-refractivity contribution in [1.82, 2.24) is 10.6 Å². The number of carbonyl (C=O) groups excluding carboxylic acids is 1. The highest BCUT2D eigenvalue weighted by Gasteiger charge is 2.23. The number of rotatable bonds is 5. The number of aliphatic hydroxyl groups is 1. The first kappa shape index (κ1) is 14.4. The molecule has 0 spiro atoms. The summed E-state index contributed by atoms with van der Waals surface area (Å²) in [4.78, 5) is 12.1. The van der Waals surface area contributed by atoms with E-state index in [9.17, 15) is 9.90 Å². The molecule has 104 valence electrons. The van der Waals surface area contributed by atoms with Crippen molar-refractivity contribution >= 4 is 17.7 Å². The molecule has 5 heteroatoms. The second-order valence-corrected chi connectivity index (χ2v) is 5.81. The highest BCUT2D eigenvalue weighted by molar-refractivity contribution is 7.99. The van der Waals surface area contributed by atoms with E-state index in [1.54, 1.807) is 11.8 Å². The Morgan fingerprint density at radius 2 is 2.26 bits per heavy atom. The minimum absolute atomic E-state index is 0.0119. The fraction of sp³-hybridized carbons (Fsp3) is 0.500. The average Bonchev–Trinajstić information content (AvgIpc) is 2.48. The molecule has 1 saturated heterocycles. The van der Waals surface area contributed by atoms with Crippen molar-refractivity contribution in [3.63, 3.8) is 0 Å². The van der Waals surface area contributed by atoms with Crippen LogP contribution in [0, 0.1) is 0 Å². The molecule has 0 aliphatic carbocycles. The summed E-state index contributed by atoms with van der Waals surface area (Å²) in [5.41, 5.74) is 1.12. The summed E-state index contributed by atoms with van der Waals surface area (Å²) < 4.78 is 0. The van der Waals surface area contributed by atoms with Gasteiger partial charge in [0.25, 0.3) is 0 Å². The molecule has 1 aliphatic rings. The van der Waals surface area contributed by atoms with Crippen LogP contribution in [-0.4, -0.2) is 47.8 Å². The van der Waals surface area contributed by atoms with Crippen LogP contribution in [0.1, 0.15) is 5.56 Å². The molecule has 1 amide bonds. The molecule has 1 heterocycles. The molecule has 19 heavy (non-hydrogen) atoms. The fourth-order valence-electron chi connectivity index (χ4n) is 2.10. The van der Waals surface area contributed by atoms with Gasteiger partial charge in [-0.2, -0.15) is 11.8 Å². The van der Waals surface area contributed by atoms with Crippen LogP contribution < -0.4 is 10.6 Å². The van der Waals surface area contributed by atoms with Crippen LogP contribution in [-0.2, 0) is 11.2 Å². The van der Waals surface area contributed by atoms with E-state index in [1.165, 1.54) is 0 Å². The molecule has 1 aromatic carbocycles. The molecule has 1 aromatic rings. The van der Waals surface area contributed by atoms with Gasteiger partial charge >= 0.3 is 0 Å². The number of carbonyl (C=O) groups is 1. The van der Waals surface area contributed by atoms with Crippen molar-refractivity contribution in [1.29, 1.82) is 0 Å². The van der Waals surface area contributed by atoms with Gasteiger partial charge in [-0.1, -0.05) is 30.3 Å². The van der Waals surface area contributed by atoms with Gasteiger partial charge in [-0.05, 0) is 12.0 Å². The molecule has 4 nitrogen and oxygen atoms in total. The maximum absolute atomic E-state index is 12.1. The topological polar surface area (TPSA) is 61.4 Å². The van der Waals surface area contributed by atoms with Crippen LogP contribution in [0.5, 0.6) is 0 Å². The Bertz CT molecular complexity index is 394. The van der Waals surface area contributed by atoms with E-state index in [0.717, 1.165) is 23.6 Å². The number of hydrogen-bond acceptors (Lipinski definition) is 4. The number of nitrogens with one attached hydrogen (secondary N) is 2. The second-order valence-electron chi connectivity index (χ2n) is 4.66. The lowest BCUT2D eigenvalue weighted by atomic mass is 10.1. The van der Waals surface area contributed by atoms with Crippen molar-refractivity contribution in [2.24, 2.45) is 0 Å². The SMILES string of the molecule is O=C(N[C@H](CO)Cc1ccccc1)C1CSCCN1. The summed E-state index contributed by atoms with van der Waals surface area (Å²) in [5.74, 6) is 1.84. The second kappa shape index (κ2) is 7.53. The van der Waals surface area contributed by atoms with Crippen LogP contribution in [0.25, 0.3) is 0 Å². The Hall–Kier alpha value is -1.04. The number of benzene rings is 1. The van der Waals surface area contributed by atoms with Crippen LogP contribution in [0.2, 0.25) is 0 Å². The molecule has 0 aromatic heterocycles. The van der Waals surface area contributed by atoms with Gasteiger partial charge < -0.3 is 15.7 Å². The lowest BCUT2D eigenvalue weighted by Crippen LogP contribution is -2.52. The standard InChI is InChI=1S/C14H20N2O2S/c17-9-12(8-11-4-2-1-3-5-11)16-14(18)13-10-19-7-6-15-13/h1-5,12-13,15,17H,6-10H2,(H,16,18)/t12-,13?/m0/s1. The van der Waals surface area contributed by atoms with E-state index in [-0.39, 0.29) is 24.6 Å². The number of thioether (sulfide) groups is 1. The van der Waals surface area contributed by atoms with Gasteiger partial charge in [0.1, 0.15) is 0 Å². The normalized spacial score (nSPS) is 20.8. The first-order valence-corrected chi connectivity index (χ1v) is 7.71. The zero-order chi connectivity index (χ0) is 13.5. The van der Waals surface area contributed by atoms with E-state index in [2.05, 4.69) is 10.6 Å². The van der Waals surface area contributed by atoms with E-state index in [0.29, 0.717) is 6.42 Å². The molecular formula is C14H20N2O2S. The highest BCUT2D eigenvalue weighted by atomic mass is 32.2. The molecule has 1 fully saturated rings. The smallest absolute Gasteiger partial charge is 0.238 e. The summed E-state index contributed by atoms with van der Waals surface area (Å²) in [6.07, 6.45) is 0.656. The van der Waals surface area contributed by atoms with Crippen molar-refractivity contribution in [3.8, 4) is 0 Å². The molecule has 2 atom stereocenters. The molecule has 1 unspecified atom stereocenters. The Kier molecular flexibility index (Phi) is 5.69. The van der Waals surface area contributed by atoms with Gasteiger partial charge in [0.2, 0.25) is 5.91 Å². The monoisotopic (exact) mass is 280 g/mol. The third-order valence-electron chi connectivity index (χ3n) is 3.13. The molecule has 0 bridgehead atoms. The molecule has 3 N–H and O–H groups in total. The average molecular weight is 280 g/mol. The lowest BCUT2D eigenvalue weighted by Gasteiger charge is -2.25. The van der Waals surface area contributed by atoms with E-state index >= 15 is 0 Å². The summed E-state index contributed by atoms with van der Waals surface area (Å²) in [6, 6.07) is 9.54. The van der Waals surface area contributed by atoms with Crippen LogP contribution in [0.4, 0.5) is 0 Å². The van der Waals surface area contributed by atoms with Crippen LogP contribution in [0.15, 0.2) is 30.3 Å². The molecule has 0 saturated carbocycles. The lowest BCUT2D eigenvalue weighted by molar-refractivity contribution is -0.123. The predicted octanol–water partition coefficient (Wildman–Crippen LogP) is 0.411. The van der Waals surface area contributed by atoms with Gasteiger partial charge in [0, 0.05) is 18.1 Å². The minimum Gasteiger partial charge on any atom is -0.394 e. The largest absolute Gasteiger partial charge is 0.394 e. The van der Waals surface area contributed by atoms with Gasteiger partial charge in [0.05, 0.1) is 18.7 Å². The summed E-state index contributed by atoms with van der Waals surface area (Å²) in [5, 5.41) is 15.5. The van der Waals surface area contributed by atoms with Gasteiger partial charge in [-0.3, -0.25) is 4.79 Å². The van der Waals surface area contributed by atoms with Crippen molar-refractivity contribution in [3.05, 3.63) is 35.9 Å². The third kappa shape index (κ3) is 4.53. The van der Waals surface area contributed by atoms with Crippen LogP contribution in [0.3, 0.4) is 0 Å². The Labute approximate surface area is 118 Å². The molecule has 2 rings (SSSR count). The van der Waals surface area contributed by atoms with Crippen LogP contribution >= 0.6 is 11.8 Å².